The van der Waals surface area contributed by atoms with E-state index in [0.717, 1.165) is 23.2 Å². The van der Waals surface area contributed by atoms with Gasteiger partial charge in [0.05, 0.1) is 6.54 Å². The Morgan fingerprint density at radius 1 is 1.25 bits per heavy atom. The van der Waals surface area contributed by atoms with Gasteiger partial charge in [-0.1, -0.05) is 26.7 Å². The molecule has 5 nitrogen and oxygen atoms in total. The van der Waals surface area contributed by atoms with Gasteiger partial charge in [-0.2, -0.15) is 0 Å². The molecule has 0 atom stereocenters. The molecule has 6 heteroatoms. The first-order valence-electron chi connectivity index (χ1n) is 7.06. The SMILES string of the molecule is CC(C)CCCCNCc1ccc(S(=O)(=O)N(C)C)o1. The summed E-state index contributed by atoms with van der Waals surface area (Å²) in [4.78, 5) is 0. The number of sulfonamides is 1. The number of nitrogens with zero attached hydrogens (tertiary/aromatic N) is 1. The fourth-order valence-electron chi connectivity index (χ4n) is 1.79. The predicted octanol–water partition coefficient (Wildman–Crippen LogP) is 2.45. The van der Waals surface area contributed by atoms with Crippen LogP contribution in [0.1, 0.15) is 38.9 Å². The molecule has 1 N–H and O–H groups in total. The summed E-state index contributed by atoms with van der Waals surface area (Å²) in [6, 6.07) is 3.21. The van der Waals surface area contributed by atoms with Crippen LogP contribution in [-0.4, -0.2) is 33.4 Å². The quantitative estimate of drug-likeness (QED) is 0.712. The largest absolute Gasteiger partial charge is 0.447 e. The van der Waals surface area contributed by atoms with E-state index < -0.39 is 10.0 Å². The molecule has 0 radical (unpaired) electrons. The van der Waals surface area contributed by atoms with Crippen molar-refractivity contribution < 1.29 is 12.8 Å². The Bertz CT molecular complexity index is 492. The van der Waals surface area contributed by atoms with E-state index >= 15 is 0 Å². The van der Waals surface area contributed by atoms with Gasteiger partial charge < -0.3 is 9.73 Å². The van der Waals surface area contributed by atoms with Crippen LogP contribution in [0.3, 0.4) is 0 Å². The maximum atomic E-state index is 11.8. The minimum absolute atomic E-state index is 0.000826. The smallest absolute Gasteiger partial charge is 0.275 e. The summed E-state index contributed by atoms with van der Waals surface area (Å²) >= 11 is 0. The Morgan fingerprint density at radius 2 is 1.95 bits per heavy atom. The van der Waals surface area contributed by atoms with E-state index in [0.29, 0.717) is 12.3 Å². The minimum atomic E-state index is -3.47. The van der Waals surface area contributed by atoms with E-state index in [1.54, 1.807) is 6.07 Å². The standard InChI is InChI=1S/C14H26N2O3S/c1-12(2)7-5-6-10-15-11-13-8-9-14(19-13)20(17,18)16(3)4/h8-9,12,15H,5-7,10-11H2,1-4H3. The van der Waals surface area contributed by atoms with Crippen LogP contribution in [0.4, 0.5) is 0 Å². The van der Waals surface area contributed by atoms with Crippen molar-refractivity contribution >= 4 is 10.0 Å². The lowest BCUT2D eigenvalue weighted by Gasteiger charge is -2.08. The molecule has 1 aromatic rings. The Kier molecular flexibility index (Phi) is 6.71. The van der Waals surface area contributed by atoms with Crippen molar-refractivity contribution in [2.75, 3.05) is 20.6 Å². The fraction of sp³-hybridized carbons (Fsp3) is 0.714. The molecule has 116 valence electrons. The number of hydrogen-bond donors (Lipinski definition) is 1. The fourth-order valence-corrected chi connectivity index (χ4v) is 2.60. The average Bonchev–Trinajstić information content (AvgIpc) is 2.82. The highest BCUT2D eigenvalue weighted by Crippen LogP contribution is 2.16. The third-order valence-electron chi connectivity index (χ3n) is 3.06. The Morgan fingerprint density at radius 3 is 2.55 bits per heavy atom. The molecule has 1 aromatic heterocycles. The van der Waals surface area contributed by atoms with Crippen molar-refractivity contribution in [3.05, 3.63) is 17.9 Å². The van der Waals surface area contributed by atoms with Crippen molar-refractivity contribution in [1.82, 2.24) is 9.62 Å². The monoisotopic (exact) mass is 302 g/mol. The molecule has 1 heterocycles. The van der Waals surface area contributed by atoms with Gasteiger partial charge >= 0.3 is 0 Å². The molecule has 0 spiro atoms. The number of furan rings is 1. The van der Waals surface area contributed by atoms with E-state index in [1.807, 2.05) is 0 Å². The molecular weight excluding hydrogens is 276 g/mol. The molecule has 0 fully saturated rings. The molecule has 0 amide bonds. The highest BCUT2D eigenvalue weighted by molar-refractivity contribution is 7.88. The molecular formula is C14H26N2O3S. The molecule has 0 unspecified atom stereocenters. The van der Waals surface area contributed by atoms with Crippen LogP contribution in [0.25, 0.3) is 0 Å². The molecule has 0 saturated heterocycles. The number of rotatable bonds is 9. The minimum Gasteiger partial charge on any atom is -0.447 e. The van der Waals surface area contributed by atoms with Gasteiger partial charge in [0, 0.05) is 14.1 Å². The Hall–Kier alpha value is -0.850. The Labute approximate surface area is 122 Å². The first-order chi connectivity index (χ1) is 9.34. The van der Waals surface area contributed by atoms with Crippen molar-refractivity contribution in [3.63, 3.8) is 0 Å². The molecule has 1 rings (SSSR count). The van der Waals surface area contributed by atoms with Crippen molar-refractivity contribution in [2.24, 2.45) is 5.92 Å². The highest BCUT2D eigenvalue weighted by Gasteiger charge is 2.21. The van der Waals surface area contributed by atoms with Crippen molar-refractivity contribution in [3.8, 4) is 0 Å². The molecule has 0 aliphatic heterocycles. The highest BCUT2D eigenvalue weighted by atomic mass is 32.2. The molecule has 0 bridgehead atoms. The summed E-state index contributed by atoms with van der Waals surface area (Å²) in [5.74, 6) is 1.40. The van der Waals surface area contributed by atoms with Crippen LogP contribution in [0.15, 0.2) is 21.6 Å². The zero-order valence-electron chi connectivity index (χ0n) is 12.8. The summed E-state index contributed by atoms with van der Waals surface area (Å²) in [7, 11) is -0.485. The van der Waals surface area contributed by atoms with Crippen LogP contribution in [0.2, 0.25) is 0 Å². The third kappa shape index (κ3) is 5.26. The van der Waals surface area contributed by atoms with E-state index in [9.17, 15) is 8.42 Å². The zero-order chi connectivity index (χ0) is 15.2. The van der Waals surface area contributed by atoms with Gasteiger partial charge in [-0.05, 0) is 31.0 Å². The lowest BCUT2D eigenvalue weighted by atomic mass is 10.1. The Balaban J connectivity index is 2.35. The predicted molar refractivity (Wildman–Crippen MR) is 80.0 cm³/mol. The van der Waals surface area contributed by atoms with Crippen LogP contribution in [-0.2, 0) is 16.6 Å². The maximum Gasteiger partial charge on any atom is 0.275 e. The summed E-state index contributed by atoms with van der Waals surface area (Å²) in [6.45, 7) is 5.93. The molecule has 0 aliphatic rings. The lowest BCUT2D eigenvalue weighted by molar-refractivity contribution is 0.388. The molecule has 0 aromatic carbocycles. The van der Waals surface area contributed by atoms with Gasteiger partial charge in [0.25, 0.3) is 10.0 Å². The topological polar surface area (TPSA) is 62.6 Å². The second-order valence-electron chi connectivity index (χ2n) is 5.57. The number of unbranched alkanes of at least 4 members (excludes halogenated alkanes) is 1. The second-order valence-corrected chi connectivity index (χ2v) is 7.66. The summed E-state index contributed by atoms with van der Waals surface area (Å²) in [5.41, 5.74) is 0. The second kappa shape index (κ2) is 7.81. The van der Waals surface area contributed by atoms with Gasteiger partial charge in [-0.3, -0.25) is 0 Å². The summed E-state index contributed by atoms with van der Waals surface area (Å²) in [6.07, 6.45) is 3.58. The summed E-state index contributed by atoms with van der Waals surface area (Å²) < 4.78 is 30.2. The third-order valence-corrected chi connectivity index (χ3v) is 4.75. The lowest BCUT2D eigenvalue weighted by Crippen LogP contribution is -2.21. The zero-order valence-corrected chi connectivity index (χ0v) is 13.7. The molecule has 0 aliphatic carbocycles. The van der Waals surface area contributed by atoms with Gasteiger partial charge in [0.1, 0.15) is 5.76 Å². The van der Waals surface area contributed by atoms with Gasteiger partial charge in [0.2, 0.25) is 5.09 Å². The van der Waals surface area contributed by atoms with Crippen LogP contribution in [0, 0.1) is 5.92 Å². The first-order valence-corrected chi connectivity index (χ1v) is 8.50. The van der Waals surface area contributed by atoms with E-state index in [1.165, 1.54) is 33.0 Å². The van der Waals surface area contributed by atoms with Crippen LogP contribution >= 0.6 is 0 Å². The van der Waals surface area contributed by atoms with Crippen molar-refractivity contribution in [1.29, 1.82) is 0 Å². The van der Waals surface area contributed by atoms with E-state index in [-0.39, 0.29) is 5.09 Å². The van der Waals surface area contributed by atoms with E-state index in [2.05, 4.69) is 19.2 Å². The number of hydrogen-bond acceptors (Lipinski definition) is 4. The average molecular weight is 302 g/mol. The van der Waals surface area contributed by atoms with Crippen LogP contribution in [0.5, 0.6) is 0 Å². The maximum absolute atomic E-state index is 11.8. The van der Waals surface area contributed by atoms with Gasteiger partial charge in [-0.15, -0.1) is 0 Å². The normalized spacial score (nSPS) is 12.5. The molecule has 20 heavy (non-hydrogen) atoms. The van der Waals surface area contributed by atoms with Gasteiger partial charge in [-0.25, -0.2) is 12.7 Å². The van der Waals surface area contributed by atoms with Gasteiger partial charge in [0.15, 0.2) is 0 Å². The van der Waals surface area contributed by atoms with Crippen LogP contribution < -0.4 is 5.32 Å². The molecule has 0 saturated carbocycles. The van der Waals surface area contributed by atoms with E-state index in [4.69, 9.17) is 4.42 Å². The number of nitrogens with one attached hydrogen (secondary N) is 1. The van der Waals surface area contributed by atoms with Crippen molar-refractivity contribution in [2.45, 2.75) is 44.7 Å². The summed E-state index contributed by atoms with van der Waals surface area (Å²) in [5, 5.41) is 3.27. The first kappa shape index (κ1) is 17.2.